The first-order valence-corrected chi connectivity index (χ1v) is 8.03. The molecule has 0 fully saturated rings. The Kier molecular flexibility index (Phi) is 5.81. The number of rotatable bonds is 6. The molecule has 2 N–H and O–H groups in total. The number of benzene rings is 1. The molecule has 120 valence electrons. The van der Waals surface area contributed by atoms with Crippen LogP contribution < -0.4 is 10.6 Å². The Labute approximate surface area is 132 Å². The summed E-state index contributed by atoms with van der Waals surface area (Å²) in [6, 6.07) is 8.23. The lowest BCUT2D eigenvalue weighted by Gasteiger charge is -2.19. The first kappa shape index (κ1) is 16.3. The lowest BCUT2D eigenvalue weighted by atomic mass is 10.1. The minimum absolute atomic E-state index is 0.0820. The highest BCUT2D eigenvalue weighted by Crippen LogP contribution is 2.21. The second-order valence-corrected chi connectivity index (χ2v) is 5.59. The highest BCUT2D eigenvalue weighted by atomic mass is 16.2. The Bertz CT molecular complexity index is 501. The first-order valence-electron chi connectivity index (χ1n) is 8.03. The van der Waals surface area contributed by atoms with Crippen LogP contribution in [0.5, 0.6) is 0 Å². The van der Waals surface area contributed by atoms with Crippen LogP contribution in [0.25, 0.3) is 0 Å². The van der Waals surface area contributed by atoms with Gasteiger partial charge in [0.05, 0.1) is 0 Å². The van der Waals surface area contributed by atoms with E-state index in [-0.39, 0.29) is 18.0 Å². The van der Waals surface area contributed by atoms with Gasteiger partial charge in [0.25, 0.3) is 0 Å². The molecule has 0 heterocycles. The molecule has 0 atom stereocenters. The second kappa shape index (κ2) is 7.82. The molecule has 1 aromatic rings. The van der Waals surface area contributed by atoms with Crippen LogP contribution in [0.1, 0.15) is 31.4 Å². The zero-order valence-corrected chi connectivity index (χ0v) is 13.4. The van der Waals surface area contributed by atoms with Crippen molar-refractivity contribution in [3.05, 3.63) is 35.4 Å². The number of carbonyl (C=O) groups is 2. The zero-order valence-electron chi connectivity index (χ0n) is 13.4. The number of hydrogen-bond acceptors (Lipinski definition) is 2. The van der Waals surface area contributed by atoms with Crippen LogP contribution in [-0.2, 0) is 17.6 Å². The molecule has 0 radical (unpaired) electrons. The quantitative estimate of drug-likeness (QED) is 0.840. The lowest BCUT2D eigenvalue weighted by Crippen LogP contribution is -2.43. The van der Waals surface area contributed by atoms with Crippen molar-refractivity contribution < 1.29 is 9.59 Å². The molecule has 0 aliphatic heterocycles. The fourth-order valence-corrected chi connectivity index (χ4v) is 2.91. The molecule has 0 spiro atoms. The predicted molar refractivity (Wildman–Crippen MR) is 86.7 cm³/mol. The smallest absolute Gasteiger partial charge is 0.315 e. The van der Waals surface area contributed by atoms with E-state index in [2.05, 4.69) is 22.8 Å². The van der Waals surface area contributed by atoms with E-state index >= 15 is 0 Å². The molecule has 1 aromatic carbocycles. The van der Waals surface area contributed by atoms with Gasteiger partial charge in [0.15, 0.2) is 0 Å². The Morgan fingerprint density at radius 3 is 2.27 bits per heavy atom. The van der Waals surface area contributed by atoms with Crippen molar-refractivity contribution >= 4 is 11.9 Å². The fourth-order valence-electron chi connectivity index (χ4n) is 2.91. The third-order valence-electron chi connectivity index (χ3n) is 4.13. The number of nitrogens with zero attached hydrogens (tertiary/aromatic N) is 1. The molecule has 0 aromatic heterocycles. The summed E-state index contributed by atoms with van der Waals surface area (Å²) in [4.78, 5) is 25.5. The molecule has 0 saturated heterocycles. The summed E-state index contributed by atoms with van der Waals surface area (Å²) in [6.07, 6.45) is 2.10. The molecule has 5 nitrogen and oxygen atoms in total. The van der Waals surface area contributed by atoms with Gasteiger partial charge in [0, 0.05) is 32.1 Å². The second-order valence-electron chi connectivity index (χ2n) is 5.59. The van der Waals surface area contributed by atoms with Gasteiger partial charge in [-0.1, -0.05) is 24.3 Å². The maximum Gasteiger partial charge on any atom is 0.315 e. The maximum absolute atomic E-state index is 11.9. The van der Waals surface area contributed by atoms with E-state index in [0.717, 1.165) is 12.8 Å². The van der Waals surface area contributed by atoms with Crippen molar-refractivity contribution in [3.8, 4) is 0 Å². The molecular formula is C17H25N3O2. The number of hydrogen-bond donors (Lipinski definition) is 2. The Hall–Kier alpha value is -2.04. The van der Waals surface area contributed by atoms with Gasteiger partial charge in [0.2, 0.25) is 5.91 Å². The molecule has 0 unspecified atom stereocenters. The first-order chi connectivity index (χ1) is 10.6. The van der Waals surface area contributed by atoms with Crippen LogP contribution in [-0.4, -0.2) is 42.5 Å². The molecule has 0 bridgehead atoms. The minimum atomic E-state index is -0.190. The number of amides is 3. The average Bonchev–Trinajstić information content (AvgIpc) is 2.90. The van der Waals surface area contributed by atoms with Gasteiger partial charge in [-0.3, -0.25) is 4.79 Å². The average molecular weight is 303 g/mol. The molecule has 2 rings (SSSR count). The molecule has 5 heteroatoms. The standard InChI is InChI=1S/C17H25N3O2/c1-3-20(4-2)16(21)9-10-18-17(22)19-15-11-13-7-5-6-8-14(13)12-15/h5-8,15H,3-4,9-12H2,1-2H3,(H2,18,19,22). The Morgan fingerprint density at radius 1 is 1.14 bits per heavy atom. The minimum Gasteiger partial charge on any atom is -0.343 e. The molecule has 22 heavy (non-hydrogen) atoms. The lowest BCUT2D eigenvalue weighted by molar-refractivity contribution is -0.130. The summed E-state index contributed by atoms with van der Waals surface area (Å²) in [6.45, 7) is 5.71. The molecule has 1 aliphatic carbocycles. The van der Waals surface area contributed by atoms with E-state index in [1.54, 1.807) is 4.90 Å². The van der Waals surface area contributed by atoms with Crippen LogP contribution >= 0.6 is 0 Å². The maximum atomic E-state index is 11.9. The normalized spacial score (nSPS) is 13.5. The summed E-state index contributed by atoms with van der Waals surface area (Å²) in [5.74, 6) is 0.0820. The number of fused-ring (bicyclic) bond motifs is 1. The molecule has 0 saturated carbocycles. The van der Waals surface area contributed by atoms with Crippen molar-refractivity contribution in [1.82, 2.24) is 15.5 Å². The Balaban J connectivity index is 1.68. The van der Waals surface area contributed by atoms with Crippen molar-refractivity contribution in [1.29, 1.82) is 0 Å². The van der Waals surface area contributed by atoms with Gasteiger partial charge in [-0.05, 0) is 37.8 Å². The van der Waals surface area contributed by atoms with Gasteiger partial charge in [-0.15, -0.1) is 0 Å². The SMILES string of the molecule is CCN(CC)C(=O)CCNC(=O)NC1Cc2ccccc2C1. The topological polar surface area (TPSA) is 61.4 Å². The van der Waals surface area contributed by atoms with E-state index in [9.17, 15) is 9.59 Å². The largest absolute Gasteiger partial charge is 0.343 e. The van der Waals surface area contributed by atoms with Crippen LogP contribution in [0.15, 0.2) is 24.3 Å². The van der Waals surface area contributed by atoms with E-state index in [1.807, 2.05) is 26.0 Å². The molecule has 3 amide bonds. The third-order valence-corrected chi connectivity index (χ3v) is 4.13. The fraction of sp³-hybridized carbons (Fsp3) is 0.529. The van der Waals surface area contributed by atoms with Crippen molar-refractivity contribution in [2.24, 2.45) is 0 Å². The summed E-state index contributed by atoms with van der Waals surface area (Å²) in [5.41, 5.74) is 2.62. The Morgan fingerprint density at radius 2 is 1.73 bits per heavy atom. The summed E-state index contributed by atoms with van der Waals surface area (Å²) >= 11 is 0. The van der Waals surface area contributed by atoms with Gasteiger partial charge in [-0.25, -0.2) is 4.79 Å². The summed E-state index contributed by atoms with van der Waals surface area (Å²) < 4.78 is 0. The van der Waals surface area contributed by atoms with Crippen molar-refractivity contribution in [2.45, 2.75) is 39.2 Å². The van der Waals surface area contributed by atoms with Crippen LogP contribution in [0.3, 0.4) is 0 Å². The number of urea groups is 1. The zero-order chi connectivity index (χ0) is 15.9. The van der Waals surface area contributed by atoms with Crippen LogP contribution in [0, 0.1) is 0 Å². The van der Waals surface area contributed by atoms with E-state index in [1.165, 1.54) is 11.1 Å². The van der Waals surface area contributed by atoms with Crippen LogP contribution in [0.2, 0.25) is 0 Å². The summed E-state index contributed by atoms with van der Waals surface area (Å²) in [5, 5.41) is 5.75. The summed E-state index contributed by atoms with van der Waals surface area (Å²) in [7, 11) is 0. The van der Waals surface area contributed by atoms with Gasteiger partial charge >= 0.3 is 6.03 Å². The third kappa shape index (κ3) is 4.23. The van der Waals surface area contributed by atoms with Gasteiger partial charge in [-0.2, -0.15) is 0 Å². The highest BCUT2D eigenvalue weighted by Gasteiger charge is 2.22. The van der Waals surface area contributed by atoms with E-state index < -0.39 is 0 Å². The van der Waals surface area contributed by atoms with E-state index in [0.29, 0.717) is 26.1 Å². The van der Waals surface area contributed by atoms with Gasteiger partial charge in [0.1, 0.15) is 0 Å². The molecular weight excluding hydrogens is 278 g/mol. The van der Waals surface area contributed by atoms with Crippen molar-refractivity contribution in [3.63, 3.8) is 0 Å². The number of nitrogens with one attached hydrogen (secondary N) is 2. The molecule has 1 aliphatic rings. The van der Waals surface area contributed by atoms with Gasteiger partial charge < -0.3 is 15.5 Å². The monoisotopic (exact) mass is 303 g/mol. The highest BCUT2D eigenvalue weighted by molar-refractivity contribution is 5.78. The van der Waals surface area contributed by atoms with Crippen molar-refractivity contribution in [2.75, 3.05) is 19.6 Å². The van der Waals surface area contributed by atoms with Crippen LogP contribution in [0.4, 0.5) is 4.79 Å². The van der Waals surface area contributed by atoms with E-state index in [4.69, 9.17) is 0 Å². The predicted octanol–water partition coefficient (Wildman–Crippen LogP) is 1.71. The number of carbonyl (C=O) groups excluding carboxylic acids is 2.